The summed E-state index contributed by atoms with van der Waals surface area (Å²) in [6.07, 6.45) is 0. The van der Waals surface area contributed by atoms with Gasteiger partial charge in [-0.1, -0.05) is 11.6 Å². The molecule has 0 aliphatic heterocycles. The number of ether oxygens (including phenoxy) is 1. The summed E-state index contributed by atoms with van der Waals surface area (Å²) in [5.41, 5.74) is 5.53. The summed E-state index contributed by atoms with van der Waals surface area (Å²) in [7, 11) is 0. The summed E-state index contributed by atoms with van der Waals surface area (Å²) in [6.45, 7) is 1.69. The first kappa shape index (κ1) is 15.9. The van der Waals surface area contributed by atoms with E-state index < -0.39 is 23.9 Å². The van der Waals surface area contributed by atoms with Gasteiger partial charge in [-0.2, -0.15) is 0 Å². The molecule has 0 saturated heterocycles. The molecule has 0 aliphatic rings. The molecule has 1 rings (SSSR count). The van der Waals surface area contributed by atoms with Gasteiger partial charge in [0.25, 0.3) is 5.91 Å². The number of halogens is 1. The van der Waals surface area contributed by atoms with Crippen molar-refractivity contribution in [3.8, 4) is 0 Å². The van der Waals surface area contributed by atoms with Crippen LogP contribution < -0.4 is 11.1 Å². The van der Waals surface area contributed by atoms with E-state index in [2.05, 4.69) is 10.1 Å². The second-order valence-electron chi connectivity index (χ2n) is 3.72. The fourth-order valence-electron chi connectivity index (χ4n) is 1.30. The average molecular weight is 301 g/mol. The van der Waals surface area contributed by atoms with Crippen molar-refractivity contribution in [2.75, 3.05) is 11.9 Å². The molecule has 1 amide bonds. The molecule has 0 spiro atoms. The van der Waals surface area contributed by atoms with Crippen molar-refractivity contribution in [1.82, 2.24) is 0 Å². The normalized spacial score (nSPS) is 11.6. The van der Waals surface area contributed by atoms with Gasteiger partial charge in [-0.05, 0) is 25.1 Å². The van der Waals surface area contributed by atoms with Crippen molar-refractivity contribution in [3.05, 3.63) is 28.8 Å². The second kappa shape index (κ2) is 6.88. The molecule has 0 radical (unpaired) electrons. The van der Waals surface area contributed by atoms with Crippen LogP contribution in [0.4, 0.5) is 5.69 Å². The molecular weight excluding hydrogens is 288 g/mol. The Morgan fingerprint density at radius 3 is 2.60 bits per heavy atom. The van der Waals surface area contributed by atoms with Crippen molar-refractivity contribution in [2.45, 2.75) is 13.0 Å². The van der Waals surface area contributed by atoms with Gasteiger partial charge in [0, 0.05) is 0 Å². The van der Waals surface area contributed by atoms with Crippen LogP contribution in [0.25, 0.3) is 0 Å². The third kappa shape index (κ3) is 3.94. The van der Waals surface area contributed by atoms with Crippen LogP contribution in [0.3, 0.4) is 0 Å². The lowest BCUT2D eigenvalue weighted by atomic mass is 10.2. The van der Waals surface area contributed by atoms with Crippen LogP contribution in [0.2, 0.25) is 5.02 Å². The van der Waals surface area contributed by atoms with E-state index in [4.69, 9.17) is 22.4 Å². The van der Waals surface area contributed by atoms with Crippen molar-refractivity contribution in [3.63, 3.8) is 0 Å². The van der Waals surface area contributed by atoms with Gasteiger partial charge in [-0.3, -0.25) is 4.79 Å². The first-order chi connectivity index (χ1) is 9.36. The van der Waals surface area contributed by atoms with E-state index in [0.29, 0.717) is 0 Å². The number of carboxylic acid groups (broad SMARTS) is 1. The molecule has 0 saturated carbocycles. The monoisotopic (exact) mass is 300 g/mol. The minimum absolute atomic E-state index is 0.0225. The summed E-state index contributed by atoms with van der Waals surface area (Å²) in [4.78, 5) is 33.7. The van der Waals surface area contributed by atoms with Gasteiger partial charge in [-0.15, -0.1) is 0 Å². The van der Waals surface area contributed by atoms with Gasteiger partial charge < -0.3 is 20.9 Å². The number of benzene rings is 1. The van der Waals surface area contributed by atoms with Crippen molar-refractivity contribution >= 4 is 35.1 Å². The predicted molar refractivity (Wildman–Crippen MR) is 71.6 cm³/mol. The number of amides is 1. The van der Waals surface area contributed by atoms with Crippen LogP contribution in [0.15, 0.2) is 18.2 Å². The smallest absolute Gasteiger partial charge is 0.335 e. The minimum atomic E-state index is -1.48. The standard InChI is InChI=1S/C12H13ClN2O5/c1-2-20-12(19)9(14)10(16)15-8-4-3-6(11(17)18)5-7(8)13/h3-5,9H,2,14H2,1H3,(H,15,16)(H,17,18). The average Bonchev–Trinajstić information content (AvgIpc) is 2.40. The van der Waals surface area contributed by atoms with Gasteiger partial charge in [0.15, 0.2) is 6.04 Å². The Morgan fingerprint density at radius 2 is 2.10 bits per heavy atom. The zero-order chi connectivity index (χ0) is 15.3. The molecule has 4 N–H and O–H groups in total. The van der Waals surface area contributed by atoms with Crippen molar-refractivity contribution in [1.29, 1.82) is 0 Å². The lowest BCUT2D eigenvalue weighted by Gasteiger charge is -2.12. The molecule has 0 fully saturated rings. The largest absolute Gasteiger partial charge is 0.478 e. The van der Waals surface area contributed by atoms with Crippen LogP contribution in [-0.2, 0) is 14.3 Å². The molecule has 0 bridgehead atoms. The fraction of sp³-hybridized carbons (Fsp3) is 0.250. The number of nitrogens with two attached hydrogens (primary N) is 1. The van der Waals surface area contributed by atoms with Crippen LogP contribution in [-0.4, -0.2) is 35.6 Å². The first-order valence-electron chi connectivity index (χ1n) is 5.62. The van der Waals surface area contributed by atoms with Gasteiger partial charge in [-0.25, -0.2) is 9.59 Å². The van der Waals surface area contributed by atoms with E-state index in [1.165, 1.54) is 18.2 Å². The minimum Gasteiger partial charge on any atom is -0.478 e. The highest BCUT2D eigenvalue weighted by atomic mass is 35.5. The first-order valence-corrected chi connectivity index (χ1v) is 6.00. The number of anilines is 1. The zero-order valence-electron chi connectivity index (χ0n) is 10.6. The molecule has 1 aromatic carbocycles. The third-order valence-electron chi connectivity index (χ3n) is 2.30. The second-order valence-corrected chi connectivity index (χ2v) is 4.13. The van der Waals surface area contributed by atoms with Crippen LogP contribution >= 0.6 is 11.6 Å². The molecule has 8 heteroatoms. The van der Waals surface area contributed by atoms with Gasteiger partial charge >= 0.3 is 11.9 Å². The molecule has 0 aliphatic carbocycles. The van der Waals surface area contributed by atoms with E-state index in [-0.39, 0.29) is 22.9 Å². The maximum atomic E-state index is 11.7. The highest BCUT2D eigenvalue weighted by Crippen LogP contribution is 2.23. The summed E-state index contributed by atoms with van der Waals surface area (Å²) >= 11 is 5.83. The summed E-state index contributed by atoms with van der Waals surface area (Å²) in [5, 5.41) is 11.1. The molecule has 1 aromatic rings. The fourth-order valence-corrected chi connectivity index (χ4v) is 1.53. The number of hydrogen-bond acceptors (Lipinski definition) is 5. The Balaban J connectivity index is 2.81. The Labute approximate surface area is 119 Å². The van der Waals surface area contributed by atoms with E-state index >= 15 is 0 Å². The Bertz CT molecular complexity index is 547. The molecule has 0 heterocycles. The van der Waals surface area contributed by atoms with E-state index in [9.17, 15) is 14.4 Å². The number of carbonyl (C=O) groups excluding carboxylic acids is 2. The summed E-state index contributed by atoms with van der Waals surface area (Å²) in [5.74, 6) is -2.80. The zero-order valence-corrected chi connectivity index (χ0v) is 11.3. The third-order valence-corrected chi connectivity index (χ3v) is 2.61. The number of carboxylic acids is 1. The quantitative estimate of drug-likeness (QED) is 0.548. The SMILES string of the molecule is CCOC(=O)C(N)C(=O)Nc1ccc(C(=O)O)cc1Cl. The van der Waals surface area contributed by atoms with Gasteiger partial charge in [0.1, 0.15) is 0 Å². The molecule has 1 unspecified atom stereocenters. The highest BCUT2D eigenvalue weighted by Gasteiger charge is 2.24. The number of aromatic carboxylic acids is 1. The predicted octanol–water partition coefficient (Wildman–Crippen LogP) is 0.867. The Morgan fingerprint density at radius 1 is 1.45 bits per heavy atom. The molecule has 20 heavy (non-hydrogen) atoms. The number of rotatable bonds is 5. The highest BCUT2D eigenvalue weighted by molar-refractivity contribution is 6.34. The molecule has 108 valence electrons. The number of carbonyl (C=O) groups is 3. The molecule has 0 aromatic heterocycles. The van der Waals surface area contributed by atoms with E-state index in [1.54, 1.807) is 6.92 Å². The van der Waals surface area contributed by atoms with Gasteiger partial charge in [0.2, 0.25) is 0 Å². The lowest BCUT2D eigenvalue weighted by molar-refractivity contribution is -0.146. The van der Waals surface area contributed by atoms with Crippen LogP contribution in [0.5, 0.6) is 0 Å². The van der Waals surface area contributed by atoms with E-state index in [1.807, 2.05) is 0 Å². The Hall–Kier alpha value is -2.12. The maximum Gasteiger partial charge on any atom is 0.335 e. The topological polar surface area (TPSA) is 119 Å². The maximum absolute atomic E-state index is 11.7. The van der Waals surface area contributed by atoms with E-state index in [0.717, 1.165) is 0 Å². The molecule has 7 nitrogen and oxygen atoms in total. The van der Waals surface area contributed by atoms with Crippen LogP contribution in [0, 0.1) is 0 Å². The van der Waals surface area contributed by atoms with Gasteiger partial charge in [0.05, 0.1) is 22.9 Å². The van der Waals surface area contributed by atoms with Crippen LogP contribution in [0.1, 0.15) is 17.3 Å². The molecular formula is C12H13ClN2O5. The van der Waals surface area contributed by atoms with Crippen molar-refractivity contribution in [2.24, 2.45) is 5.73 Å². The molecule has 1 atom stereocenters. The number of hydrogen-bond donors (Lipinski definition) is 3. The number of nitrogens with one attached hydrogen (secondary N) is 1. The van der Waals surface area contributed by atoms with Crippen molar-refractivity contribution < 1.29 is 24.2 Å². The number of esters is 1. The summed E-state index contributed by atoms with van der Waals surface area (Å²) < 4.78 is 4.61. The Kier molecular flexibility index (Phi) is 5.48. The summed E-state index contributed by atoms with van der Waals surface area (Å²) in [6, 6.07) is 2.27. The lowest BCUT2D eigenvalue weighted by Crippen LogP contribution is -2.43.